The van der Waals surface area contributed by atoms with Crippen molar-refractivity contribution in [2.75, 3.05) is 17.0 Å². The second-order valence-corrected chi connectivity index (χ2v) is 11.2. The first kappa shape index (κ1) is 30.1. The predicted molar refractivity (Wildman–Crippen MR) is 152 cm³/mol. The Morgan fingerprint density at radius 1 is 0.952 bits per heavy atom. The van der Waals surface area contributed by atoms with Gasteiger partial charge in [-0.1, -0.05) is 66.7 Å². The van der Waals surface area contributed by atoms with E-state index in [1.54, 1.807) is 30.3 Å². The van der Waals surface area contributed by atoms with Crippen LogP contribution in [-0.2, 0) is 22.6 Å². The van der Waals surface area contributed by atoms with Crippen molar-refractivity contribution in [1.82, 2.24) is 5.01 Å². The molecule has 0 bridgehead atoms. The van der Waals surface area contributed by atoms with Crippen LogP contribution < -0.4 is 16.5 Å². The number of amidine groups is 1. The molecule has 13 heteroatoms. The van der Waals surface area contributed by atoms with E-state index in [9.17, 15) is 26.4 Å². The minimum absolute atomic E-state index is 0.0729. The van der Waals surface area contributed by atoms with Crippen molar-refractivity contribution >= 4 is 33.1 Å². The zero-order valence-corrected chi connectivity index (χ0v) is 22.9. The molecule has 0 spiro atoms. The number of nitrogens with one attached hydrogen (secondary N) is 3. The first-order valence-electron chi connectivity index (χ1n) is 12.3. The summed E-state index contributed by atoms with van der Waals surface area (Å²) in [7, 11) is -4.14. The summed E-state index contributed by atoms with van der Waals surface area (Å²) in [4.78, 5) is 12.8. The molecule has 0 heterocycles. The average Bonchev–Trinajstić information content (AvgIpc) is 2.93. The number of hydrogen-bond acceptors (Lipinski definition) is 5. The summed E-state index contributed by atoms with van der Waals surface area (Å²) in [5, 5.41) is 10.7. The van der Waals surface area contributed by atoms with Crippen LogP contribution in [0.5, 0.6) is 0 Å². The van der Waals surface area contributed by atoms with Gasteiger partial charge in [-0.15, -0.1) is 0 Å². The molecule has 218 valence electrons. The number of anilines is 2. The molecule has 0 atom stereocenters. The van der Waals surface area contributed by atoms with Gasteiger partial charge in [0.2, 0.25) is 0 Å². The third-order valence-corrected chi connectivity index (χ3v) is 7.27. The normalized spacial score (nSPS) is 11.5. The Hall–Kier alpha value is -4.91. The lowest BCUT2D eigenvalue weighted by Crippen LogP contribution is -2.39. The standard InChI is InChI=1S/C29H25F4N5O3S/c1-42(40,41)26-22(18-8-3-2-4-9-18)14-15-24(25(26)30)36-28(39)38(37-21-12-7-11-19(16-21)27(34)35)17-20-10-5-6-13-23(20)29(31,32)33/h2-16,37H,17H2,1H3,(H3,34,35)(H,36,39). The predicted octanol–water partition coefficient (Wildman–Crippen LogP) is 6.26. The summed E-state index contributed by atoms with van der Waals surface area (Å²) in [5.74, 6) is -1.52. The number of urea groups is 1. The number of carbonyl (C=O) groups excluding carboxylic acids is 1. The van der Waals surface area contributed by atoms with Crippen molar-refractivity contribution < 1.29 is 30.8 Å². The molecule has 8 nitrogen and oxygen atoms in total. The molecule has 4 rings (SSSR count). The van der Waals surface area contributed by atoms with Gasteiger partial charge in [0.1, 0.15) is 10.7 Å². The first-order chi connectivity index (χ1) is 19.8. The molecule has 42 heavy (non-hydrogen) atoms. The van der Waals surface area contributed by atoms with Crippen molar-refractivity contribution in [1.29, 1.82) is 5.41 Å². The summed E-state index contributed by atoms with van der Waals surface area (Å²) < 4.78 is 82.1. The molecule has 0 unspecified atom stereocenters. The molecule has 0 aliphatic carbocycles. The molecule has 2 amide bonds. The summed E-state index contributed by atoms with van der Waals surface area (Å²) in [6.07, 6.45) is -3.90. The van der Waals surface area contributed by atoms with Gasteiger partial charge < -0.3 is 11.1 Å². The number of rotatable bonds is 8. The van der Waals surface area contributed by atoms with Gasteiger partial charge in [0.05, 0.1) is 23.5 Å². The van der Waals surface area contributed by atoms with Crippen LogP contribution in [0.3, 0.4) is 0 Å². The number of nitrogen functional groups attached to an aromatic ring is 1. The van der Waals surface area contributed by atoms with Crippen LogP contribution in [0.25, 0.3) is 11.1 Å². The van der Waals surface area contributed by atoms with Gasteiger partial charge in [-0.05, 0) is 35.4 Å². The van der Waals surface area contributed by atoms with E-state index in [1.807, 2.05) is 0 Å². The lowest BCUT2D eigenvalue weighted by atomic mass is 10.0. The van der Waals surface area contributed by atoms with Gasteiger partial charge in [-0.2, -0.15) is 13.2 Å². The maximum Gasteiger partial charge on any atom is 0.416 e. The highest BCUT2D eigenvalue weighted by atomic mass is 32.2. The maximum atomic E-state index is 15.7. The second-order valence-electron chi connectivity index (χ2n) is 9.22. The van der Waals surface area contributed by atoms with E-state index in [2.05, 4.69) is 10.7 Å². The van der Waals surface area contributed by atoms with Crippen molar-refractivity contribution in [2.24, 2.45) is 5.73 Å². The zero-order valence-electron chi connectivity index (χ0n) is 22.0. The zero-order chi connectivity index (χ0) is 30.7. The largest absolute Gasteiger partial charge is 0.416 e. The van der Waals surface area contributed by atoms with E-state index < -0.39 is 50.6 Å². The summed E-state index contributed by atoms with van der Waals surface area (Å²) in [5.41, 5.74) is 7.42. The Bertz CT molecular complexity index is 1750. The van der Waals surface area contributed by atoms with E-state index in [0.717, 1.165) is 17.3 Å². The molecule has 0 aliphatic heterocycles. The highest BCUT2D eigenvalue weighted by Gasteiger charge is 2.34. The van der Waals surface area contributed by atoms with Gasteiger partial charge in [-0.3, -0.25) is 10.8 Å². The van der Waals surface area contributed by atoms with Gasteiger partial charge >= 0.3 is 12.2 Å². The van der Waals surface area contributed by atoms with Crippen LogP contribution in [-0.4, -0.2) is 31.5 Å². The van der Waals surface area contributed by atoms with E-state index in [1.165, 1.54) is 54.6 Å². The smallest absolute Gasteiger partial charge is 0.384 e. The Kier molecular flexibility index (Phi) is 8.52. The molecule has 0 aromatic heterocycles. The average molecular weight is 600 g/mol. The Labute approximate surface area is 239 Å². The minimum Gasteiger partial charge on any atom is -0.384 e. The lowest BCUT2D eigenvalue weighted by molar-refractivity contribution is -0.138. The topological polar surface area (TPSA) is 128 Å². The van der Waals surface area contributed by atoms with Crippen LogP contribution in [0.4, 0.5) is 33.7 Å². The van der Waals surface area contributed by atoms with E-state index >= 15 is 4.39 Å². The number of amides is 2. The number of sulfone groups is 1. The number of nitrogens with zero attached hydrogens (tertiary/aromatic N) is 1. The summed E-state index contributed by atoms with van der Waals surface area (Å²) >= 11 is 0. The lowest BCUT2D eigenvalue weighted by Gasteiger charge is -2.27. The van der Waals surface area contributed by atoms with E-state index in [0.29, 0.717) is 5.56 Å². The highest BCUT2D eigenvalue weighted by molar-refractivity contribution is 7.90. The SMILES string of the molecule is CS(=O)(=O)c1c(-c2ccccc2)ccc(NC(=O)N(Cc2ccccc2C(F)(F)F)Nc2cccc(C(=N)N)c2)c1F. The maximum absolute atomic E-state index is 15.7. The van der Waals surface area contributed by atoms with Crippen LogP contribution in [0.15, 0.2) is 95.9 Å². The van der Waals surface area contributed by atoms with Crippen LogP contribution >= 0.6 is 0 Å². The van der Waals surface area contributed by atoms with E-state index in [-0.39, 0.29) is 28.2 Å². The van der Waals surface area contributed by atoms with Gasteiger partial charge in [0.15, 0.2) is 15.7 Å². The number of hydrogen-bond donors (Lipinski definition) is 4. The van der Waals surface area contributed by atoms with Crippen LogP contribution in [0.1, 0.15) is 16.7 Å². The van der Waals surface area contributed by atoms with Crippen molar-refractivity contribution in [2.45, 2.75) is 17.6 Å². The van der Waals surface area contributed by atoms with Crippen molar-refractivity contribution in [3.8, 4) is 11.1 Å². The fraction of sp³-hybridized carbons (Fsp3) is 0.103. The first-order valence-corrected chi connectivity index (χ1v) is 14.2. The minimum atomic E-state index is -4.73. The monoisotopic (exact) mass is 599 g/mol. The van der Waals surface area contributed by atoms with Crippen molar-refractivity contribution in [3.05, 3.63) is 114 Å². The van der Waals surface area contributed by atoms with Crippen molar-refractivity contribution in [3.63, 3.8) is 0 Å². The molecule has 4 aromatic rings. The molecule has 5 N–H and O–H groups in total. The molecule has 0 radical (unpaired) electrons. The number of nitrogens with two attached hydrogens (primary N) is 1. The number of benzene rings is 4. The van der Waals surface area contributed by atoms with Gasteiger partial charge in [-0.25, -0.2) is 22.6 Å². The fourth-order valence-corrected chi connectivity index (χ4v) is 5.24. The third-order valence-electron chi connectivity index (χ3n) is 6.13. The summed E-state index contributed by atoms with van der Waals surface area (Å²) in [6, 6.07) is 20.2. The summed E-state index contributed by atoms with van der Waals surface area (Å²) in [6.45, 7) is -0.630. The Morgan fingerprint density at radius 2 is 1.62 bits per heavy atom. The Balaban J connectivity index is 1.75. The fourth-order valence-electron chi connectivity index (χ4n) is 4.22. The molecule has 0 saturated carbocycles. The number of carbonyl (C=O) groups is 1. The molecular formula is C29H25F4N5O3S. The van der Waals surface area contributed by atoms with Crippen LogP contribution in [0.2, 0.25) is 0 Å². The second kappa shape index (κ2) is 11.9. The van der Waals surface area contributed by atoms with Crippen LogP contribution in [0, 0.1) is 11.2 Å². The molecule has 0 aliphatic rings. The molecular weight excluding hydrogens is 574 g/mol. The highest BCUT2D eigenvalue weighted by Crippen LogP contribution is 2.35. The van der Waals surface area contributed by atoms with E-state index in [4.69, 9.17) is 11.1 Å². The molecule has 0 fully saturated rings. The Morgan fingerprint density at radius 3 is 2.26 bits per heavy atom. The number of halogens is 4. The quantitative estimate of drug-likeness (QED) is 0.0823. The number of alkyl halides is 3. The molecule has 0 saturated heterocycles. The third kappa shape index (κ3) is 6.86. The molecule has 4 aromatic carbocycles. The van der Waals surface area contributed by atoms with Gasteiger partial charge in [0, 0.05) is 17.4 Å². The van der Waals surface area contributed by atoms with Gasteiger partial charge in [0.25, 0.3) is 0 Å². The number of hydrazine groups is 1.